The molecule has 1 aromatic carbocycles. The predicted molar refractivity (Wildman–Crippen MR) is 83.4 cm³/mol. The van der Waals surface area contributed by atoms with Crippen molar-refractivity contribution >= 4 is 5.91 Å². The van der Waals surface area contributed by atoms with Crippen molar-refractivity contribution in [3.05, 3.63) is 42.1 Å². The monoisotopic (exact) mass is 296 g/mol. The predicted octanol–water partition coefficient (Wildman–Crippen LogP) is 3.89. The van der Waals surface area contributed by atoms with Gasteiger partial charge < -0.3 is 9.42 Å². The van der Waals surface area contributed by atoms with Crippen molar-refractivity contribution in [3.63, 3.8) is 0 Å². The quantitative estimate of drug-likeness (QED) is 0.860. The zero-order chi connectivity index (χ0) is 14.9. The minimum absolute atomic E-state index is 0.0420. The zero-order valence-corrected chi connectivity index (χ0v) is 12.6. The Labute approximate surface area is 130 Å². The summed E-state index contributed by atoms with van der Waals surface area (Å²) in [5.41, 5.74) is 1.39. The maximum Gasteiger partial charge on any atom is 0.276 e. The molecule has 1 heterocycles. The number of carbonyl (C=O) groups excluding carboxylic acids is 1. The van der Waals surface area contributed by atoms with Crippen LogP contribution in [-0.2, 0) is 0 Å². The number of benzene rings is 1. The Balaban J connectivity index is 1.58. The number of aromatic nitrogens is 1. The smallest absolute Gasteiger partial charge is 0.276 e. The summed E-state index contributed by atoms with van der Waals surface area (Å²) in [5.74, 6) is 0.700. The van der Waals surface area contributed by atoms with Gasteiger partial charge in [0, 0.05) is 23.7 Å². The molecule has 1 aromatic heterocycles. The molecule has 2 aliphatic rings. The van der Waals surface area contributed by atoms with Gasteiger partial charge in [-0.25, -0.2) is 0 Å². The largest absolute Gasteiger partial charge is 0.355 e. The van der Waals surface area contributed by atoms with E-state index >= 15 is 0 Å². The molecule has 2 saturated carbocycles. The van der Waals surface area contributed by atoms with Crippen LogP contribution in [0.4, 0.5) is 0 Å². The third-order valence-corrected chi connectivity index (χ3v) is 4.68. The molecule has 0 aliphatic heterocycles. The van der Waals surface area contributed by atoms with Gasteiger partial charge in [-0.15, -0.1) is 0 Å². The first kappa shape index (κ1) is 13.6. The van der Waals surface area contributed by atoms with E-state index in [1.807, 2.05) is 30.3 Å². The summed E-state index contributed by atoms with van der Waals surface area (Å²) in [6, 6.07) is 12.4. The normalized spacial score (nSPS) is 18.5. The zero-order valence-electron chi connectivity index (χ0n) is 12.6. The van der Waals surface area contributed by atoms with Gasteiger partial charge in [-0.1, -0.05) is 48.3 Å². The highest BCUT2D eigenvalue weighted by Crippen LogP contribution is 2.35. The summed E-state index contributed by atoms with van der Waals surface area (Å²) >= 11 is 0. The molecule has 22 heavy (non-hydrogen) atoms. The van der Waals surface area contributed by atoms with E-state index in [4.69, 9.17) is 4.52 Å². The number of hydrogen-bond acceptors (Lipinski definition) is 3. The Morgan fingerprint density at radius 2 is 1.73 bits per heavy atom. The molecule has 0 saturated heterocycles. The third-order valence-electron chi connectivity index (χ3n) is 4.68. The van der Waals surface area contributed by atoms with Crippen molar-refractivity contribution in [1.82, 2.24) is 10.1 Å². The molecule has 4 heteroatoms. The van der Waals surface area contributed by atoms with Gasteiger partial charge in [-0.3, -0.25) is 4.79 Å². The molecule has 2 fully saturated rings. The average molecular weight is 296 g/mol. The topological polar surface area (TPSA) is 46.3 Å². The Bertz CT molecular complexity index is 655. The van der Waals surface area contributed by atoms with Crippen LogP contribution in [0, 0.1) is 0 Å². The molecule has 114 valence electrons. The fraction of sp³-hybridized carbons (Fsp3) is 0.444. The maximum atomic E-state index is 12.9. The van der Waals surface area contributed by atoms with Crippen molar-refractivity contribution in [3.8, 4) is 11.3 Å². The second-order valence-electron chi connectivity index (χ2n) is 6.32. The molecule has 0 unspecified atom stereocenters. The second-order valence-corrected chi connectivity index (χ2v) is 6.32. The van der Waals surface area contributed by atoms with Crippen molar-refractivity contribution in [2.75, 3.05) is 0 Å². The molecule has 4 nitrogen and oxygen atoms in total. The average Bonchev–Trinajstić information content (AvgIpc) is 3.06. The summed E-state index contributed by atoms with van der Waals surface area (Å²) in [6.45, 7) is 0. The minimum atomic E-state index is 0.0420. The molecule has 0 radical (unpaired) electrons. The van der Waals surface area contributed by atoms with E-state index in [2.05, 4.69) is 10.1 Å². The summed E-state index contributed by atoms with van der Waals surface area (Å²) in [5, 5.41) is 4.03. The summed E-state index contributed by atoms with van der Waals surface area (Å²) in [4.78, 5) is 14.9. The van der Waals surface area contributed by atoms with E-state index in [0.717, 1.165) is 31.2 Å². The van der Waals surface area contributed by atoms with Crippen molar-refractivity contribution < 1.29 is 9.32 Å². The Kier molecular flexibility index (Phi) is 3.45. The van der Waals surface area contributed by atoms with Crippen LogP contribution in [0.1, 0.15) is 49.0 Å². The SMILES string of the molecule is O=C(c1cc(-c2ccccc2)on1)N(C1CCCC1)C1CC1. The first-order valence-electron chi connectivity index (χ1n) is 8.18. The van der Waals surface area contributed by atoms with Crippen LogP contribution in [0.5, 0.6) is 0 Å². The van der Waals surface area contributed by atoms with Crippen LogP contribution in [-0.4, -0.2) is 28.0 Å². The first-order valence-corrected chi connectivity index (χ1v) is 8.18. The molecule has 1 amide bonds. The van der Waals surface area contributed by atoms with Crippen molar-refractivity contribution in [1.29, 1.82) is 0 Å². The first-order chi connectivity index (χ1) is 10.8. The number of amides is 1. The molecule has 0 N–H and O–H groups in total. The van der Waals surface area contributed by atoms with Crippen LogP contribution in [0.2, 0.25) is 0 Å². The lowest BCUT2D eigenvalue weighted by Crippen LogP contribution is -2.40. The lowest BCUT2D eigenvalue weighted by molar-refractivity contribution is 0.0653. The summed E-state index contributed by atoms with van der Waals surface area (Å²) < 4.78 is 5.39. The molecule has 0 bridgehead atoms. The van der Waals surface area contributed by atoms with Crippen molar-refractivity contribution in [2.24, 2.45) is 0 Å². The van der Waals surface area contributed by atoms with Gasteiger partial charge in [0.25, 0.3) is 5.91 Å². The maximum absolute atomic E-state index is 12.9. The molecular weight excluding hydrogens is 276 g/mol. The highest BCUT2D eigenvalue weighted by molar-refractivity contribution is 5.93. The lowest BCUT2D eigenvalue weighted by atomic mass is 10.1. The Morgan fingerprint density at radius 3 is 2.41 bits per heavy atom. The van der Waals surface area contributed by atoms with Gasteiger partial charge in [0.15, 0.2) is 11.5 Å². The lowest BCUT2D eigenvalue weighted by Gasteiger charge is -2.28. The van der Waals surface area contributed by atoms with Crippen LogP contribution < -0.4 is 0 Å². The van der Waals surface area contributed by atoms with Gasteiger partial charge in [-0.2, -0.15) is 0 Å². The fourth-order valence-corrected chi connectivity index (χ4v) is 3.41. The van der Waals surface area contributed by atoms with E-state index < -0.39 is 0 Å². The number of carbonyl (C=O) groups is 1. The van der Waals surface area contributed by atoms with Crippen LogP contribution >= 0.6 is 0 Å². The third kappa shape index (κ3) is 2.54. The molecular formula is C18H20N2O2. The highest BCUT2D eigenvalue weighted by Gasteiger charge is 2.39. The summed E-state index contributed by atoms with van der Waals surface area (Å²) in [6.07, 6.45) is 6.99. The van der Waals surface area contributed by atoms with E-state index in [0.29, 0.717) is 23.5 Å². The fourth-order valence-electron chi connectivity index (χ4n) is 3.41. The Hall–Kier alpha value is -2.10. The van der Waals surface area contributed by atoms with E-state index in [1.165, 1.54) is 12.8 Å². The van der Waals surface area contributed by atoms with Gasteiger partial charge in [0.05, 0.1) is 0 Å². The standard InChI is InChI=1S/C18H20N2O2/c21-18(20(15-10-11-15)14-8-4-5-9-14)16-12-17(22-19-16)13-6-2-1-3-7-13/h1-3,6-7,12,14-15H,4-5,8-11H2. The molecule has 0 spiro atoms. The number of nitrogens with zero attached hydrogens (tertiary/aromatic N) is 2. The Morgan fingerprint density at radius 1 is 1.05 bits per heavy atom. The van der Waals surface area contributed by atoms with Crippen molar-refractivity contribution in [2.45, 2.75) is 50.6 Å². The van der Waals surface area contributed by atoms with E-state index in [9.17, 15) is 4.79 Å². The second kappa shape index (κ2) is 5.59. The molecule has 2 aliphatic carbocycles. The van der Waals surface area contributed by atoms with Gasteiger partial charge in [-0.05, 0) is 25.7 Å². The van der Waals surface area contributed by atoms with Gasteiger partial charge >= 0.3 is 0 Å². The van der Waals surface area contributed by atoms with E-state index in [-0.39, 0.29) is 5.91 Å². The highest BCUT2D eigenvalue weighted by atomic mass is 16.5. The molecule has 2 aromatic rings. The van der Waals surface area contributed by atoms with Gasteiger partial charge in [0.1, 0.15) is 0 Å². The number of rotatable bonds is 4. The molecule has 0 atom stereocenters. The van der Waals surface area contributed by atoms with Crippen LogP contribution in [0.15, 0.2) is 40.9 Å². The van der Waals surface area contributed by atoms with Crippen LogP contribution in [0.25, 0.3) is 11.3 Å². The van der Waals surface area contributed by atoms with Gasteiger partial charge in [0.2, 0.25) is 0 Å². The molecule has 4 rings (SSSR count). The summed E-state index contributed by atoms with van der Waals surface area (Å²) in [7, 11) is 0. The number of hydrogen-bond donors (Lipinski definition) is 0. The minimum Gasteiger partial charge on any atom is -0.355 e. The van der Waals surface area contributed by atoms with Crippen LogP contribution in [0.3, 0.4) is 0 Å². The van der Waals surface area contributed by atoms with E-state index in [1.54, 1.807) is 6.07 Å².